The lowest BCUT2D eigenvalue weighted by molar-refractivity contribution is 0.254. The van der Waals surface area contributed by atoms with E-state index in [1.165, 1.54) is 6.42 Å². The van der Waals surface area contributed by atoms with Crippen LogP contribution in [0.25, 0.3) is 0 Å². The Labute approximate surface area is 109 Å². The highest BCUT2D eigenvalue weighted by atomic mass is 79.9. The molecule has 2 heterocycles. The smallest absolute Gasteiger partial charge is 0.222 e. The number of hydrogen-bond acceptors (Lipinski definition) is 5. The maximum atomic E-state index is 9.48. The first kappa shape index (κ1) is 12.6. The Bertz CT molecular complexity index is 388. The number of hydrogen-bond donors (Lipinski definition) is 2. The van der Waals surface area contributed by atoms with Gasteiger partial charge in [-0.15, -0.1) is 0 Å². The zero-order valence-electron chi connectivity index (χ0n) is 9.64. The Balaban J connectivity index is 2.31. The van der Waals surface area contributed by atoms with Gasteiger partial charge in [0, 0.05) is 12.7 Å². The van der Waals surface area contributed by atoms with E-state index in [2.05, 4.69) is 30.8 Å². The second-order valence-corrected chi connectivity index (χ2v) is 5.13. The quantitative estimate of drug-likeness (QED) is 0.867. The van der Waals surface area contributed by atoms with E-state index in [1.54, 1.807) is 6.20 Å². The predicted octanol–water partition coefficient (Wildman–Crippen LogP) is 1.56. The number of aliphatic hydroxyl groups excluding tert-OH is 1. The summed E-state index contributed by atoms with van der Waals surface area (Å²) in [5.41, 5.74) is 5.63. The molecule has 0 spiro atoms. The Morgan fingerprint density at radius 3 is 3.06 bits per heavy atom. The molecule has 1 aromatic heterocycles. The van der Waals surface area contributed by atoms with E-state index in [4.69, 9.17) is 5.73 Å². The van der Waals surface area contributed by atoms with Crippen LogP contribution in [0, 0.1) is 0 Å². The molecule has 3 N–H and O–H groups in total. The highest BCUT2D eigenvalue weighted by molar-refractivity contribution is 9.10. The molecule has 1 saturated heterocycles. The fourth-order valence-corrected chi connectivity index (χ4v) is 2.64. The first-order valence-corrected chi connectivity index (χ1v) is 6.67. The summed E-state index contributed by atoms with van der Waals surface area (Å²) in [6, 6.07) is 0.128. The summed E-state index contributed by atoms with van der Waals surface area (Å²) in [6.07, 6.45) is 6.13. The van der Waals surface area contributed by atoms with Crippen molar-refractivity contribution in [2.45, 2.75) is 31.7 Å². The first-order valence-electron chi connectivity index (χ1n) is 5.88. The Kier molecular flexibility index (Phi) is 4.17. The van der Waals surface area contributed by atoms with Gasteiger partial charge in [-0.2, -0.15) is 4.98 Å². The van der Waals surface area contributed by atoms with Crippen LogP contribution in [-0.2, 0) is 0 Å². The van der Waals surface area contributed by atoms with Crippen molar-refractivity contribution < 1.29 is 5.11 Å². The molecule has 1 aromatic rings. The average Bonchev–Trinajstić information content (AvgIpc) is 2.57. The van der Waals surface area contributed by atoms with Gasteiger partial charge in [0.2, 0.25) is 5.95 Å². The van der Waals surface area contributed by atoms with Crippen molar-refractivity contribution in [3.8, 4) is 0 Å². The lowest BCUT2D eigenvalue weighted by Gasteiger charge is -2.30. The van der Waals surface area contributed by atoms with Crippen molar-refractivity contribution >= 4 is 27.7 Å². The van der Waals surface area contributed by atoms with E-state index in [1.807, 2.05) is 0 Å². The van der Waals surface area contributed by atoms with Crippen molar-refractivity contribution in [3.63, 3.8) is 0 Å². The largest absolute Gasteiger partial charge is 0.394 e. The van der Waals surface area contributed by atoms with Crippen molar-refractivity contribution in [2.24, 2.45) is 0 Å². The monoisotopic (exact) mass is 300 g/mol. The van der Waals surface area contributed by atoms with Gasteiger partial charge in [-0.05, 0) is 28.8 Å². The normalized spacial score (nSPS) is 21.3. The number of rotatable bonds is 2. The summed E-state index contributed by atoms with van der Waals surface area (Å²) < 4.78 is 0.826. The summed E-state index contributed by atoms with van der Waals surface area (Å²) in [5.74, 6) is 1.06. The van der Waals surface area contributed by atoms with Gasteiger partial charge in [-0.3, -0.25) is 0 Å². The Morgan fingerprint density at radius 1 is 1.47 bits per heavy atom. The molecular weight excluding hydrogens is 284 g/mol. The van der Waals surface area contributed by atoms with Crippen LogP contribution in [0.5, 0.6) is 0 Å². The molecule has 0 aromatic carbocycles. The van der Waals surface area contributed by atoms with Crippen LogP contribution in [0.15, 0.2) is 10.7 Å². The summed E-state index contributed by atoms with van der Waals surface area (Å²) in [6.45, 7) is 1.05. The molecule has 0 saturated carbocycles. The van der Waals surface area contributed by atoms with Gasteiger partial charge in [0.25, 0.3) is 0 Å². The van der Waals surface area contributed by atoms with Crippen LogP contribution in [0.3, 0.4) is 0 Å². The number of nitrogen functional groups attached to an aromatic ring is 1. The third-order valence-corrected chi connectivity index (χ3v) is 3.66. The zero-order valence-corrected chi connectivity index (χ0v) is 11.2. The van der Waals surface area contributed by atoms with Gasteiger partial charge in [0.05, 0.1) is 17.1 Å². The first-order chi connectivity index (χ1) is 8.22. The Hall–Kier alpha value is -0.880. The van der Waals surface area contributed by atoms with Crippen molar-refractivity contribution in [2.75, 3.05) is 23.8 Å². The van der Waals surface area contributed by atoms with Gasteiger partial charge < -0.3 is 15.7 Å². The third kappa shape index (κ3) is 2.87. The molecule has 17 heavy (non-hydrogen) atoms. The van der Waals surface area contributed by atoms with Crippen LogP contribution < -0.4 is 10.6 Å². The third-order valence-electron chi connectivity index (χ3n) is 3.10. The van der Waals surface area contributed by atoms with Gasteiger partial charge in [-0.1, -0.05) is 12.8 Å². The van der Waals surface area contributed by atoms with E-state index in [0.29, 0.717) is 0 Å². The maximum Gasteiger partial charge on any atom is 0.222 e. The number of halogens is 1. The molecule has 1 unspecified atom stereocenters. The Morgan fingerprint density at radius 2 is 2.29 bits per heavy atom. The summed E-state index contributed by atoms with van der Waals surface area (Å²) in [4.78, 5) is 10.3. The molecule has 0 aliphatic carbocycles. The van der Waals surface area contributed by atoms with Crippen LogP contribution in [0.2, 0.25) is 0 Å². The van der Waals surface area contributed by atoms with E-state index in [9.17, 15) is 5.11 Å². The molecular formula is C11H17BrN4O. The standard InChI is InChI=1S/C11H17BrN4O/c12-9-6-14-11(13)15-10(9)16-5-3-1-2-4-8(16)7-17/h6,8,17H,1-5,7H2,(H2,13,14,15). The highest BCUT2D eigenvalue weighted by Gasteiger charge is 2.23. The van der Waals surface area contributed by atoms with Gasteiger partial charge in [0.1, 0.15) is 5.82 Å². The number of aliphatic hydroxyl groups is 1. The highest BCUT2D eigenvalue weighted by Crippen LogP contribution is 2.28. The van der Waals surface area contributed by atoms with Gasteiger partial charge in [-0.25, -0.2) is 4.98 Å². The van der Waals surface area contributed by atoms with Crippen molar-refractivity contribution in [1.29, 1.82) is 0 Å². The van der Waals surface area contributed by atoms with E-state index < -0.39 is 0 Å². The molecule has 6 heteroatoms. The molecule has 1 aliphatic rings. The molecule has 1 fully saturated rings. The minimum Gasteiger partial charge on any atom is -0.394 e. The second-order valence-electron chi connectivity index (χ2n) is 4.28. The fraction of sp³-hybridized carbons (Fsp3) is 0.636. The molecule has 0 radical (unpaired) electrons. The SMILES string of the molecule is Nc1ncc(Br)c(N2CCCCCC2CO)n1. The van der Waals surface area contributed by atoms with Gasteiger partial charge >= 0.3 is 0 Å². The van der Waals surface area contributed by atoms with Crippen molar-refractivity contribution in [3.05, 3.63) is 10.7 Å². The summed E-state index contributed by atoms with van der Waals surface area (Å²) in [7, 11) is 0. The molecule has 5 nitrogen and oxygen atoms in total. The molecule has 1 atom stereocenters. The lowest BCUT2D eigenvalue weighted by atomic mass is 10.1. The number of nitrogens with zero attached hydrogens (tertiary/aromatic N) is 3. The summed E-state index contributed by atoms with van der Waals surface area (Å²) >= 11 is 3.44. The molecule has 2 rings (SSSR count). The lowest BCUT2D eigenvalue weighted by Crippen LogP contribution is -2.38. The van der Waals surface area contributed by atoms with Crippen LogP contribution >= 0.6 is 15.9 Å². The number of anilines is 2. The molecule has 94 valence electrons. The molecule has 0 amide bonds. The van der Waals surface area contributed by atoms with E-state index >= 15 is 0 Å². The predicted molar refractivity (Wildman–Crippen MR) is 70.8 cm³/mol. The van der Waals surface area contributed by atoms with E-state index in [0.717, 1.165) is 36.1 Å². The van der Waals surface area contributed by atoms with E-state index in [-0.39, 0.29) is 18.6 Å². The second kappa shape index (κ2) is 5.64. The topological polar surface area (TPSA) is 75.3 Å². The minimum absolute atomic E-state index is 0.128. The van der Waals surface area contributed by atoms with Gasteiger partial charge in [0.15, 0.2) is 0 Å². The maximum absolute atomic E-state index is 9.48. The van der Waals surface area contributed by atoms with Crippen LogP contribution in [0.4, 0.5) is 11.8 Å². The van der Waals surface area contributed by atoms with Crippen LogP contribution in [0.1, 0.15) is 25.7 Å². The fourth-order valence-electron chi connectivity index (χ4n) is 2.22. The number of nitrogens with two attached hydrogens (primary N) is 1. The number of aromatic nitrogens is 2. The zero-order chi connectivity index (χ0) is 12.3. The molecule has 1 aliphatic heterocycles. The van der Waals surface area contributed by atoms with Crippen molar-refractivity contribution in [1.82, 2.24) is 9.97 Å². The summed E-state index contributed by atoms with van der Waals surface area (Å²) in [5, 5.41) is 9.48. The minimum atomic E-state index is 0.128. The molecule has 0 bridgehead atoms. The van der Waals surface area contributed by atoms with Crippen LogP contribution in [-0.4, -0.2) is 34.3 Å². The average molecular weight is 301 g/mol.